The van der Waals surface area contributed by atoms with Crippen LogP contribution >= 0.6 is 0 Å². The third-order valence-corrected chi connectivity index (χ3v) is 2.06. The van der Waals surface area contributed by atoms with Crippen LogP contribution in [0, 0.1) is 6.07 Å². The zero-order valence-corrected chi connectivity index (χ0v) is 8.43. The lowest BCUT2D eigenvalue weighted by atomic mass is 10.2. The number of rotatable bonds is 4. The van der Waals surface area contributed by atoms with E-state index in [1.807, 2.05) is 42.5 Å². The van der Waals surface area contributed by atoms with Gasteiger partial charge < -0.3 is 5.32 Å². The van der Waals surface area contributed by atoms with Crippen LogP contribution in [0.2, 0.25) is 0 Å². The summed E-state index contributed by atoms with van der Waals surface area (Å²) in [7, 11) is 0. The lowest BCUT2D eigenvalue weighted by Crippen LogP contribution is -1.90. The Morgan fingerprint density at radius 2 is 2.00 bits per heavy atom. The van der Waals surface area contributed by atoms with E-state index in [2.05, 4.69) is 16.4 Å². The highest BCUT2D eigenvalue weighted by molar-refractivity contribution is 5.17. The average Bonchev–Trinajstić information content (AvgIpc) is 2.32. The van der Waals surface area contributed by atoms with Gasteiger partial charge in [-0.15, -0.1) is 13.1 Å². The molecule has 0 bridgehead atoms. The summed E-state index contributed by atoms with van der Waals surface area (Å²) in [6.45, 7) is 1.38. The molecule has 1 aromatic heterocycles. The molecule has 0 amide bonds. The topological polar surface area (TPSA) is 27.0 Å². The molecular weight excluding hydrogens is 184 g/mol. The SMILES string of the molecule is [c-]1ccccc1C[N-]Cc1ccccn1. The second-order valence-electron chi connectivity index (χ2n) is 3.25. The first-order valence-corrected chi connectivity index (χ1v) is 4.94. The van der Waals surface area contributed by atoms with Crippen LogP contribution in [0.4, 0.5) is 0 Å². The van der Waals surface area contributed by atoms with Crippen molar-refractivity contribution < 1.29 is 0 Å². The lowest BCUT2D eigenvalue weighted by molar-refractivity contribution is 0.998. The maximum atomic E-state index is 4.42. The third kappa shape index (κ3) is 3.18. The van der Waals surface area contributed by atoms with Crippen molar-refractivity contribution in [2.75, 3.05) is 0 Å². The van der Waals surface area contributed by atoms with Crippen molar-refractivity contribution in [3.05, 3.63) is 71.3 Å². The molecule has 1 heterocycles. The van der Waals surface area contributed by atoms with Crippen LogP contribution in [-0.4, -0.2) is 4.98 Å². The van der Waals surface area contributed by atoms with Gasteiger partial charge in [0.2, 0.25) is 0 Å². The maximum Gasteiger partial charge on any atom is 0.0270 e. The van der Waals surface area contributed by atoms with Crippen LogP contribution in [0.3, 0.4) is 0 Å². The quantitative estimate of drug-likeness (QED) is 0.690. The molecular formula is C13H12N2-2. The van der Waals surface area contributed by atoms with E-state index in [1.54, 1.807) is 6.20 Å². The van der Waals surface area contributed by atoms with Crippen molar-refractivity contribution in [3.63, 3.8) is 0 Å². The van der Waals surface area contributed by atoms with Crippen molar-refractivity contribution in [1.29, 1.82) is 0 Å². The van der Waals surface area contributed by atoms with E-state index in [9.17, 15) is 0 Å². The molecule has 0 saturated carbocycles. The van der Waals surface area contributed by atoms with Crippen LogP contribution in [-0.2, 0) is 13.1 Å². The zero-order chi connectivity index (χ0) is 10.3. The summed E-state index contributed by atoms with van der Waals surface area (Å²) < 4.78 is 0. The van der Waals surface area contributed by atoms with Gasteiger partial charge in [0.1, 0.15) is 0 Å². The second kappa shape index (κ2) is 5.27. The highest BCUT2D eigenvalue weighted by Crippen LogP contribution is 2.07. The number of hydrogen-bond donors (Lipinski definition) is 0. The fourth-order valence-electron chi connectivity index (χ4n) is 1.31. The zero-order valence-electron chi connectivity index (χ0n) is 8.43. The minimum absolute atomic E-state index is 0.670. The molecule has 0 fully saturated rings. The van der Waals surface area contributed by atoms with E-state index in [1.165, 1.54) is 0 Å². The van der Waals surface area contributed by atoms with Gasteiger partial charge in [0.25, 0.3) is 0 Å². The summed E-state index contributed by atoms with van der Waals surface area (Å²) in [5.41, 5.74) is 2.13. The summed E-state index contributed by atoms with van der Waals surface area (Å²) >= 11 is 0. The van der Waals surface area contributed by atoms with Crippen LogP contribution < -0.4 is 0 Å². The van der Waals surface area contributed by atoms with E-state index in [0.717, 1.165) is 11.3 Å². The first kappa shape index (κ1) is 9.87. The molecule has 0 aliphatic rings. The largest absolute Gasteiger partial charge is 0.655 e. The highest BCUT2D eigenvalue weighted by Gasteiger charge is 1.82. The maximum absolute atomic E-state index is 4.42. The van der Waals surface area contributed by atoms with E-state index < -0.39 is 0 Å². The van der Waals surface area contributed by atoms with Gasteiger partial charge in [-0.1, -0.05) is 6.07 Å². The Morgan fingerprint density at radius 3 is 2.73 bits per heavy atom. The van der Waals surface area contributed by atoms with E-state index in [4.69, 9.17) is 0 Å². The first-order chi connectivity index (χ1) is 7.45. The standard InChI is InChI=1S/C13H12N2/c1-2-6-12(7-3-1)10-14-11-13-8-4-5-9-15-13/h1-6,8-9H,10-11H2/q-2. The van der Waals surface area contributed by atoms with Crippen LogP contribution in [0.1, 0.15) is 11.3 Å². The van der Waals surface area contributed by atoms with Gasteiger partial charge in [0.05, 0.1) is 0 Å². The molecule has 2 rings (SSSR count). The van der Waals surface area contributed by atoms with Gasteiger partial charge in [-0.3, -0.25) is 4.98 Å². The predicted molar refractivity (Wildman–Crippen MR) is 60.3 cm³/mol. The molecule has 0 atom stereocenters. The minimum Gasteiger partial charge on any atom is -0.655 e. The molecule has 0 N–H and O–H groups in total. The molecule has 1 aromatic carbocycles. The van der Waals surface area contributed by atoms with E-state index >= 15 is 0 Å². The molecule has 0 aliphatic carbocycles. The van der Waals surface area contributed by atoms with Crippen LogP contribution in [0.25, 0.3) is 5.32 Å². The minimum atomic E-state index is 0.670. The average molecular weight is 196 g/mol. The van der Waals surface area contributed by atoms with Crippen LogP contribution in [0.15, 0.2) is 48.7 Å². The summed E-state index contributed by atoms with van der Waals surface area (Å²) in [6.07, 6.45) is 1.79. The first-order valence-electron chi connectivity index (χ1n) is 4.94. The van der Waals surface area contributed by atoms with E-state index in [0.29, 0.717) is 13.1 Å². The van der Waals surface area contributed by atoms with Gasteiger partial charge in [0.15, 0.2) is 0 Å². The van der Waals surface area contributed by atoms with Crippen LogP contribution in [0.5, 0.6) is 0 Å². The summed E-state index contributed by atoms with van der Waals surface area (Å²) in [5.74, 6) is 0. The summed E-state index contributed by atoms with van der Waals surface area (Å²) in [4.78, 5) is 4.21. The Labute approximate surface area is 90.0 Å². The number of benzene rings is 1. The van der Waals surface area contributed by atoms with Gasteiger partial charge in [0, 0.05) is 11.9 Å². The van der Waals surface area contributed by atoms with Crippen molar-refractivity contribution in [1.82, 2.24) is 4.98 Å². The number of aromatic nitrogens is 1. The molecule has 76 valence electrons. The van der Waals surface area contributed by atoms with Crippen molar-refractivity contribution in [3.8, 4) is 0 Å². The Kier molecular flexibility index (Phi) is 3.47. The smallest absolute Gasteiger partial charge is 0.0270 e. The third-order valence-electron chi connectivity index (χ3n) is 2.06. The lowest BCUT2D eigenvalue weighted by Gasteiger charge is -2.21. The highest BCUT2D eigenvalue weighted by atomic mass is 14.9. The molecule has 0 unspecified atom stereocenters. The number of nitrogens with zero attached hydrogens (tertiary/aromatic N) is 2. The van der Waals surface area contributed by atoms with Gasteiger partial charge in [-0.05, 0) is 12.1 Å². The molecule has 0 radical (unpaired) electrons. The van der Waals surface area contributed by atoms with Crippen molar-refractivity contribution in [2.45, 2.75) is 13.1 Å². The number of hydrogen-bond acceptors (Lipinski definition) is 1. The summed E-state index contributed by atoms with van der Waals surface area (Å²) in [6, 6.07) is 16.9. The Balaban J connectivity index is 1.81. The van der Waals surface area contributed by atoms with Gasteiger partial charge in [-0.2, -0.15) is 35.9 Å². The van der Waals surface area contributed by atoms with Gasteiger partial charge in [-0.25, -0.2) is 0 Å². The van der Waals surface area contributed by atoms with E-state index in [-0.39, 0.29) is 0 Å². The second-order valence-corrected chi connectivity index (χ2v) is 3.25. The molecule has 2 nitrogen and oxygen atoms in total. The van der Waals surface area contributed by atoms with Crippen molar-refractivity contribution >= 4 is 0 Å². The molecule has 0 aliphatic heterocycles. The number of pyridine rings is 1. The normalized spacial score (nSPS) is 10.1. The molecule has 0 spiro atoms. The van der Waals surface area contributed by atoms with Gasteiger partial charge >= 0.3 is 0 Å². The Bertz CT molecular complexity index is 344. The Hall–Kier alpha value is -1.67. The fourth-order valence-corrected chi connectivity index (χ4v) is 1.31. The molecule has 2 heteroatoms. The summed E-state index contributed by atoms with van der Waals surface area (Å²) in [5, 5.41) is 4.42. The predicted octanol–water partition coefficient (Wildman–Crippen LogP) is 2.96. The van der Waals surface area contributed by atoms with Crippen molar-refractivity contribution in [2.24, 2.45) is 0 Å². The fraction of sp³-hybridized carbons (Fsp3) is 0.154. The molecule has 0 saturated heterocycles. The Morgan fingerprint density at radius 1 is 1.07 bits per heavy atom. The monoisotopic (exact) mass is 196 g/mol. The molecule has 2 aromatic rings. The molecule has 15 heavy (non-hydrogen) atoms.